The molecule has 0 aliphatic heterocycles. The molecule has 0 heterocycles. The first-order valence-corrected chi connectivity index (χ1v) is 7.52. The standard InChI is InChI=1S/C17H22ClFN2O3/c1-12(5-7-18)10-20-17(23)13(2)9-14(3)21-16(22)11-24-15(4)6-8-19/h5-8,14H,1-2,4,9-11H2,3H3,(H,20,23)(H,21,22)/b7-5+,8-6+. The van der Waals surface area contributed by atoms with Crippen molar-refractivity contribution in [2.24, 2.45) is 0 Å². The first-order chi connectivity index (χ1) is 11.3. The average molecular weight is 357 g/mol. The monoisotopic (exact) mass is 356 g/mol. The van der Waals surface area contributed by atoms with Crippen LogP contribution >= 0.6 is 11.6 Å². The van der Waals surface area contributed by atoms with Crippen LogP contribution in [0.4, 0.5) is 4.39 Å². The largest absolute Gasteiger partial charge is 0.484 e. The topological polar surface area (TPSA) is 67.4 Å². The molecule has 0 saturated carbocycles. The molecule has 0 rings (SSSR count). The van der Waals surface area contributed by atoms with Crippen molar-refractivity contribution in [2.45, 2.75) is 19.4 Å². The second-order valence-corrected chi connectivity index (χ2v) is 5.21. The quantitative estimate of drug-likeness (QED) is 0.340. The summed E-state index contributed by atoms with van der Waals surface area (Å²) in [6.07, 6.45) is 3.10. The second kappa shape index (κ2) is 12.1. The van der Waals surface area contributed by atoms with Crippen LogP contribution in [-0.2, 0) is 14.3 Å². The lowest BCUT2D eigenvalue weighted by Crippen LogP contribution is -2.37. The van der Waals surface area contributed by atoms with Crippen molar-refractivity contribution >= 4 is 23.4 Å². The second-order valence-electron chi connectivity index (χ2n) is 4.96. The summed E-state index contributed by atoms with van der Waals surface area (Å²) in [6, 6.07) is -0.324. The smallest absolute Gasteiger partial charge is 0.258 e. The summed E-state index contributed by atoms with van der Waals surface area (Å²) >= 11 is 5.40. The Kier molecular flexibility index (Phi) is 10.9. The van der Waals surface area contributed by atoms with Crippen molar-refractivity contribution in [3.63, 3.8) is 0 Å². The van der Waals surface area contributed by atoms with E-state index < -0.39 is 5.91 Å². The van der Waals surface area contributed by atoms with Gasteiger partial charge in [0.05, 0.1) is 6.33 Å². The van der Waals surface area contributed by atoms with Crippen LogP contribution in [0.2, 0.25) is 0 Å². The number of carbonyl (C=O) groups is 2. The zero-order valence-electron chi connectivity index (χ0n) is 13.6. The highest BCUT2D eigenvalue weighted by molar-refractivity contribution is 6.25. The fourth-order valence-electron chi connectivity index (χ4n) is 1.57. The fourth-order valence-corrected chi connectivity index (χ4v) is 1.75. The highest BCUT2D eigenvalue weighted by Crippen LogP contribution is 2.04. The van der Waals surface area contributed by atoms with Crippen LogP contribution in [0.15, 0.2) is 60.7 Å². The first kappa shape index (κ1) is 21.7. The van der Waals surface area contributed by atoms with Crippen LogP contribution in [0.25, 0.3) is 0 Å². The molecule has 2 amide bonds. The summed E-state index contributed by atoms with van der Waals surface area (Å²) in [4.78, 5) is 23.5. The van der Waals surface area contributed by atoms with Gasteiger partial charge in [0.15, 0.2) is 6.61 Å². The molecule has 7 heteroatoms. The third-order valence-electron chi connectivity index (χ3n) is 2.69. The van der Waals surface area contributed by atoms with Gasteiger partial charge >= 0.3 is 0 Å². The maximum Gasteiger partial charge on any atom is 0.258 e. The number of hydrogen-bond donors (Lipinski definition) is 2. The third kappa shape index (κ3) is 10.4. The van der Waals surface area contributed by atoms with Crippen molar-refractivity contribution in [2.75, 3.05) is 13.2 Å². The van der Waals surface area contributed by atoms with Gasteiger partial charge in [0, 0.05) is 29.8 Å². The lowest BCUT2D eigenvalue weighted by Gasteiger charge is -2.15. The summed E-state index contributed by atoms with van der Waals surface area (Å²) in [7, 11) is 0. The minimum atomic E-state index is -0.412. The average Bonchev–Trinajstić information content (AvgIpc) is 2.51. The normalized spacial score (nSPS) is 12.0. The van der Waals surface area contributed by atoms with Crippen LogP contribution < -0.4 is 10.6 Å². The number of carbonyl (C=O) groups excluding carboxylic acids is 2. The van der Waals surface area contributed by atoms with Gasteiger partial charge in [0.25, 0.3) is 5.91 Å². The van der Waals surface area contributed by atoms with E-state index in [4.69, 9.17) is 16.3 Å². The lowest BCUT2D eigenvalue weighted by atomic mass is 10.1. The van der Waals surface area contributed by atoms with Crippen molar-refractivity contribution in [3.05, 3.63) is 60.7 Å². The molecule has 0 aliphatic rings. The molecule has 0 aromatic carbocycles. The van der Waals surface area contributed by atoms with Crippen molar-refractivity contribution in [1.29, 1.82) is 0 Å². The Labute approximate surface area is 146 Å². The van der Waals surface area contributed by atoms with Crippen LogP contribution in [0, 0.1) is 0 Å². The molecule has 0 spiro atoms. The van der Waals surface area contributed by atoms with E-state index in [-0.39, 0.29) is 43.6 Å². The highest BCUT2D eigenvalue weighted by atomic mass is 35.5. The van der Waals surface area contributed by atoms with E-state index in [0.29, 0.717) is 11.1 Å². The number of rotatable bonds is 11. The minimum Gasteiger partial charge on any atom is -0.484 e. The number of halogens is 2. The Morgan fingerprint density at radius 2 is 1.96 bits per heavy atom. The number of ether oxygens (including phenoxy) is 1. The predicted octanol–water partition coefficient (Wildman–Crippen LogP) is 2.88. The molecule has 0 saturated heterocycles. The van der Waals surface area contributed by atoms with Crippen molar-refractivity contribution in [1.82, 2.24) is 10.6 Å². The van der Waals surface area contributed by atoms with E-state index in [9.17, 15) is 14.0 Å². The van der Waals surface area contributed by atoms with E-state index in [2.05, 4.69) is 30.4 Å². The van der Waals surface area contributed by atoms with Gasteiger partial charge in [-0.1, -0.05) is 31.3 Å². The molecular formula is C17H22ClFN2O3. The van der Waals surface area contributed by atoms with Crippen LogP contribution in [0.1, 0.15) is 13.3 Å². The Hall–Kier alpha value is -2.34. The van der Waals surface area contributed by atoms with Crippen LogP contribution in [0.5, 0.6) is 0 Å². The Morgan fingerprint density at radius 3 is 2.54 bits per heavy atom. The molecule has 2 N–H and O–H groups in total. The molecule has 0 bridgehead atoms. The molecule has 1 atom stereocenters. The van der Waals surface area contributed by atoms with Crippen LogP contribution in [0.3, 0.4) is 0 Å². The zero-order valence-corrected chi connectivity index (χ0v) is 14.4. The van der Waals surface area contributed by atoms with Gasteiger partial charge < -0.3 is 15.4 Å². The van der Waals surface area contributed by atoms with E-state index in [0.717, 1.165) is 6.08 Å². The molecule has 0 aliphatic carbocycles. The molecule has 0 aromatic heterocycles. The molecule has 132 valence electrons. The Morgan fingerprint density at radius 1 is 1.29 bits per heavy atom. The molecule has 24 heavy (non-hydrogen) atoms. The number of hydrogen-bond acceptors (Lipinski definition) is 3. The van der Waals surface area contributed by atoms with Gasteiger partial charge in [-0.2, -0.15) is 0 Å². The fraction of sp³-hybridized carbons (Fsp3) is 0.294. The first-order valence-electron chi connectivity index (χ1n) is 7.08. The molecule has 0 radical (unpaired) electrons. The molecule has 0 aromatic rings. The van der Waals surface area contributed by atoms with E-state index >= 15 is 0 Å². The molecule has 1 unspecified atom stereocenters. The summed E-state index contributed by atoms with van der Waals surface area (Å²) in [6.45, 7) is 12.5. The third-order valence-corrected chi connectivity index (χ3v) is 2.82. The zero-order chi connectivity index (χ0) is 18.5. The number of amides is 2. The van der Waals surface area contributed by atoms with Crippen LogP contribution in [-0.4, -0.2) is 31.0 Å². The molecule has 5 nitrogen and oxygen atoms in total. The maximum atomic E-state index is 11.9. The van der Waals surface area contributed by atoms with Gasteiger partial charge in [-0.15, -0.1) is 0 Å². The summed E-state index contributed by atoms with van der Waals surface area (Å²) < 4.78 is 16.8. The van der Waals surface area contributed by atoms with E-state index in [1.807, 2.05) is 0 Å². The number of allylic oxidation sites excluding steroid dienone is 1. The van der Waals surface area contributed by atoms with Crippen molar-refractivity contribution < 1.29 is 18.7 Å². The lowest BCUT2D eigenvalue weighted by molar-refractivity contribution is -0.125. The van der Waals surface area contributed by atoms with Gasteiger partial charge in [0.2, 0.25) is 5.91 Å². The highest BCUT2D eigenvalue weighted by Gasteiger charge is 2.13. The summed E-state index contributed by atoms with van der Waals surface area (Å²) in [5.41, 5.74) is 2.27. The minimum absolute atomic E-state index is 0.0373. The molecular weight excluding hydrogens is 335 g/mol. The van der Waals surface area contributed by atoms with Gasteiger partial charge in [0.1, 0.15) is 5.76 Å². The number of nitrogens with one attached hydrogen (secondary N) is 2. The summed E-state index contributed by atoms with van der Waals surface area (Å²) in [5.74, 6) is -0.710. The Bertz CT molecular complexity index is 556. The van der Waals surface area contributed by atoms with Crippen molar-refractivity contribution in [3.8, 4) is 0 Å². The van der Waals surface area contributed by atoms with Gasteiger partial charge in [-0.3, -0.25) is 9.59 Å². The van der Waals surface area contributed by atoms with Gasteiger partial charge in [-0.25, -0.2) is 4.39 Å². The van der Waals surface area contributed by atoms with E-state index in [1.165, 1.54) is 5.54 Å². The summed E-state index contributed by atoms with van der Waals surface area (Å²) in [5, 5.41) is 5.28. The SMILES string of the molecule is C=C(/C=C/Cl)CNC(=O)C(=C)CC(C)NC(=O)COC(=C)/C=C/F. The molecule has 0 fully saturated rings. The van der Waals surface area contributed by atoms with E-state index in [1.54, 1.807) is 13.0 Å². The maximum absolute atomic E-state index is 11.9. The predicted molar refractivity (Wildman–Crippen MR) is 93.8 cm³/mol. The Balaban J connectivity index is 4.16. The van der Waals surface area contributed by atoms with Gasteiger partial charge in [-0.05, 0) is 25.0 Å².